The van der Waals surface area contributed by atoms with Crippen LogP contribution in [-0.4, -0.2) is 42.7 Å². The summed E-state index contributed by atoms with van der Waals surface area (Å²) < 4.78 is 11.3. The maximum atomic E-state index is 11.7. The van der Waals surface area contributed by atoms with E-state index in [1.165, 1.54) is 12.8 Å². The van der Waals surface area contributed by atoms with Gasteiger partial charge in [0.2, 0.25) is 5.91 Å². The molecule has 0 bridgehead atoms. The lowest BCUT2D eigenvalue weighted by atomic mass is 10.1. The molecule has 22 heavy (non-hydrogen) atoms. The highest BCUT2D eigenvalue weighted by Gasteiger charge is 2.33. The Bertz CT molecular complexity index is 513. The van der Waals surface area contributed by atoms with Crippen LogP contribution in [-0.2, 0) is 16.1 Å². The second-order valence-corrected chi connectivity index (χ2v) is 6.29. The Hall–Kier alpha value is -1.59. The van der Waals surface area contributed by atoms with Crippen LogP contribution < -0.4 is 10.5 Å². The standard InChI is InChI=1S/C17H24N2O3/c1-12-16(17(18)20)19(8-9-21-12)10-13-4-6-15(7-5-13)22-11-14-2-3-14/h4-7,12,14,16H,2-3,8-11H2,1H3,(H2,18,20)/t12-,16+/m1/s1. The average Bonchev–Trinajstić information content (AvgIpc) is 3.30. The molecule has 1 aliphatic heterocycles. The molecular weight excluding hydrogens is 280 g/mol. The summed E-state index contributed by atoms with van der Waals surface area (Å²) in [6.45, 7) is 4.77. The Labute approximate surface area is 131 Å². The molecule has 120 valence electrons. The van der Waals surface area contributed by atoms with Crippen molar-refractivity contribution in [2.75, 3.05) is 19.8 Å². The molecule has 0 aromatic heterocycles. The predicted molar refractivity (Wildman–Crippen MR) is 83.5 cm³/mol. The fourth-order valence-electron chi connectivity index (χ4n) is 2.90. The summed E-state index contributed by atoms with van der Waals surface area (Å²) in [5, 5.41) is 0. The summed E-state index contributed by atoms with van der Waals surface area (Å²) in [6, 6.07) is 7.75. The van der Waals surface area contributed by atoms with Gasteiger partial charge in [0, 0.05) is 13.1 Å². The molecule has 1 aromatic rings. The Morgan fingerprint density at radius 1 is 1.36 bits per heavy atom. The van der Waals surface area contributed by atoms with Crippen LogP contribution in [0.3, 0.4) is 0 Å². The van der Waals surface area contributed by atoms with Crippen molar-refractivity contribution in [2.24, 2.45) is 11.7 Å². The lowest BCUT2D eigenvalue weighted by Gasteiger charge is -2.37. The van der Waals surface area contributed by atoms with Gasteiger partial charge in [-0.1, -0.05) is 12.1 Å². The highest BCUT2D eigenvalue weighted by molar-refractivity contribution is 5.80. The minimum atomic E-state index is -0.362. The molecule has 2 aliphatic rings. The fourth-order valence-corrected chi connectivity index (χ4v) is 2.90. The Morgan fingerprint density at radius 2 is 2.09 bits per heavy atom. The number of hydrogen-bond acceptors (Lipinski definition) is 4. The quantitative estimate of drug-likeness (QED) is 0.866. The van der Waals surface area contributed by atoms with Crippen molar-refractivity contribution in [3.05, 3.63) is 29.8 Å². The van der Waals surface area contributed by atoms with Gasteiger partial charge in [0.25, 0.3) is 0 Å². The highest BCUT2D eigenvalue weighted by Crippen LogP contribution is 2.29. The maximum absolute atomic E-state index is 11.7. The largest absolute Gasteiger partial charge is 0.493 e. The Morgan fingerprint density at radius 3 is 2.73 bits per heavy atom. The lowest BCUT2D eigenvalue weighted by molar-refractivity contribution is -0.136. The number of rotatable bonds is 6. The van der Waals surface area contributed by atoms with Gasteiger partial charge in [-0.15, -0.1) is 0 Å². The number of morpholine rings is 1. The molecule has 2 fully saturated rings. The van der Waals surface area contributed by atoms with E-state index in [0.717, 1.165) is 30.4 Å². The van der Waals surface area contributed by atoms with Crippen molar-refractivity contribution in [3.8, 4) is 5.75 Å². The van der Waals surface area contributed by atoms with Crippen LogP contribution in [0.15, 0.2) is 24.3 Å². The van der Waals surface area contributed by atoms with Gasteiger partial charge in [0.15, 0.2) is 0 Å². The summed E-state index contributed by atoms with van der Waals surface area (Å²) in [6.07, 6.45) is 2.43. The van der Waals surface area contributed by atoms with Gasteiger partial charge in [0.05, 0.1) is 19.3 Å². The third-order valence-electron chi connectivity index (χ3n) is 4.38. The number of benzene rings is 1. The molecule has 1 amide bonds. The van der Waals surface area contributed by atoms with E-state index in [2.05, 4.69) is 17.0 Å². The van der Waals surface area contributed by atoms with Crippen molar-refractivity contribution in [1.82, 2.24) is 4.90 Å². The smallest absolute Gasteiger partial charge is 0.237 e. The SMILES string of the molecule is C[C@H]1OCCN(Cc2ccc(OCC3CC3)cc2)[C@@H]1C(N)=O. The van der Waals surface area contributed by atoms with Crippen LogP contribution in [0.5, 0.6) is 5.75 Å². The first-order valence-corrected chi connectivity index (χ1v) is 8.00. The third kappa shape index (κ3) is 3.78. The summed E-state index contributed by atoms with van der Waals surface area (Å²) in [4.78, 5) is 13.7. The summed E-state index contributed by atoms with van der Waals surface area (Å²) in [5.74, 6) is 1.35. The average molecular weight is 304 g/mol. The molecule has 2 atom stereocenters. The van der Waals surface area contributed by atoms with Crippen LogP contribution in [0, 0.1) is 5.92 Å². The second kappa shape index (κ2) is 6.67. The van der Waals surface area contributed by atoms with E-state index in [1.807, 2.05) is 19.1 Å². The number of hydrogen-bond donors (Lipinski definition) is 1. The lowest BCUT2D eigenvalue weighted by Crippen LogP contribution is -2.56. The van der Waals surface area contributed by atoms with Crippen molar-refractivity contribution < 1.29 is 14.3 Å². The minimum Gasteiger partial charge on any atom is -0.493 e. The van der Waals surface area contributed by atoms with Crippen LogP contribution in [0.2, 0.25) is 0 Å². The highest BCUT2D eigenvalue weighted by atomic mass is 16.5. The molecule has 1 heterocycles. The number of amides is 1. The van der Waals surface area contributed by atoms with Gasteiger partial charge < -0.3 is 15.2 Å². The van der Waals surface area contributed by atoms with E-state index in [9.17, 15) is 4.79 Å². The topological polar surface area (TPSA) is 64.8 Å². The van der Waals surface area contributed by atoms with E-state index >= 15 is 0 Å². The van der Waals surface area contributed by atoms with Gasteiger partial charge in [-0.25, -0.2) is 0 Å². The zero-order valence-electron chi connectivity index (χ0n) is 13.0. The number of ether oxygens (including phenoxy) is 2. The van der Waals surface area contributed by atoms with Crippen LogP contribution in [0.4, 0.5) is 0 Å². The summed E-state index contributed by atoms with van der Waals surface area (Å²) >= 11 is 0. The number of carbonyl (C=O) groups excluding carboxylic acids is 1. The zero-order valence-corrected chi connectivity index (χ0v) is 13.0. The summed E-state index contributed by atoms with van der Waals surface area (Å²) in [5.41, 5.74) is 6.67. The van der Waals surface area contributed by atoms with E-state index in [4.69, 9.17) is 15.2 Å². The molecule has 3 rings (SSSR count). The van der Waals surface area contributed by atoms with Crippen LogP contribution in [0.1, 0.15) is 25.3 Å². The Kier molecular flexibility index (Phi) is 4.64. The van der Waals surface area contributed by atoms with Gasteiger partial charge >= 0.3 is 0 Å². The van der Waals surface area contributed by atoms with E-state index in [1.54, 1.807) is 0 Å². The molecule has 1 saturated heterocycles. The first-order chi connectivity index (χ1) is 10.6. The van der Waals surface area contributed by atoms with Crippen molar-refractivity contribution >= 4 is 5.91 Å². The van der Waals surface area contributed by atoms with Crippen LogP contribution >= 0.6 is 0 Å². The number of nitrogens with zero attached hydrogens (tertiary/aromatic N) is 1. The minimum absolute atomic E-state index is 0.160. The molecule has 1 aromatic carbocycles. The molecule has 1 aliphatic carbocycles. The molecule has 1 saturated carbocycles. The first-order valence-electron chi connectivity index (χ1n) is 8.00. The molecule has 2 N–H and O–H groups in total. The van der Waals surface area contributed by atoms with Crippen molar-refractivity contribution in [2.45, 2.75) is 38.5 Å². The molecule has 0 radical (unpaired) electrons. The molecular formula is C17H24N2O3. The van der Waals surface area contributed by atoms with E-state index in [-0.39, 0.29) is 18.1 Å². The predicted octanol–water partition coefficient (Wildman–Crippen LogP) is 1.55. The molecule has 5 heteroatoms. The van der Waals surface area contributed by atoms with Crippen molar-refractivity contribution in [1.29, 1.82) is 0 Å². The zero-order chi connectivity index (χ0) is 15.5. The molecule has 0 spiro atoms. The first kappa shape index (κ1) is 15.3. The summed E-state index contributed by atoms with van der Waals surface area (Å²) in [7, 11) is 0. The monoisotopic (exact) mass is 304 g/mol. The van der Waals surface area contributed by atoms with Gasteiger partial charge in [-0.2, -0.15) is 0 Å². The normalized spacial score (nSPS) is 25.9. The van der Waals surface area contributed by atoms with Crippen molar-refractivity contribution in [3.63, 3.8) is 0 Å². The number of nitrogens with two attached hydrogens (primary N) is 1. The van der Waals surface area contributed by atoms with E-state index < -0.39 is 0 Å². The molecule has 5 nitrogen and oxygen atoms in total. The maximum Gasteiger partial charge on any atom is 0.237 e. The second-order valence-electron chi connectivity index (χ2n) is 6.29. The van der Waals surface area contributed by atoms with Crippen LogP contribution in [0.25, 0.3) is 0 Å². The number of primary amides is 1. The van der Waals surface area contributed by atoms with Gasteiger partial charge in [-0.3, -0.25) is 9.69 Å². The van der Waals surface area contributed by atoms with Gasteiger partial charge in [-0.05, 0) is 43.4 Å². The van der Waals surface area contributed by atoms with E-state index in [0.29, 0.717) is 13.2 Å². The molecule has 0 unspecified atom stereocenters. The third-order valence-corrected chi connectivity index (χ3v) is 4.38. The fraction of sp³-hybridized carbons (Fsp3) is 0.588. The van der Waals surface area contributed by atoms with Gasteiger partial charge in [0.1, 0.15) is 11.8 Å². The number of carbonyl (C=O) groups is 1. The Balaban J connectivity index is 1.59.